The van der Waals surface area contributed by atoms with Gasteiger partial charge >= 0.3 is 0 Å². The SMILES string of the molecule is COc1ccc(C(=O)N2CCC(C(=O)NC[C@@H]3COCCO3)CC2)cc1. The number of ether oxygens (including phenoxy) is 3. The number of nitrogens with zero attached hydrogens (tertiary/aromatic N) is 1. The molecule has 2 saturated heterocycles. The predicted octanol–water partition coefficient (Wildman–Crippen LogP) is 1.08. The highest BCUT2D eigenvalue weighted by Gasteiger charge is 2.28. The molecule has 0 saturated carbocycles. The van der Waals surface area contributed by atoms with Crippen molar-refractivity contribution >= 4 is 11.8 Å². The average Bonchev–Trinajstić information content (AvgIpc) is 2.72. The molecule has 2 heterocycles. The Labute approximate surface area is 153 Å². The van der Waals surface area contributed by atoms with E-state index in [0.29, 0.717) is 57.9 Å². The van der Waals surface area contributed by atoms with Gasteiger partial charge in [-0.25, -0.2) is 0 Å². The van der Waals surface area contributed by atoms with Crippen molar-refractivity contribution in [1.29, 1.82) is 0 Å². The number of likely N-dealkylation sites (tertiary alicyclic amines) is 1. The summed E-state index contributed by atoms with van der Waals surface area (Å²) in [4.78, 5) is 26.7. The number of benzene rings is 1. The summed E-state index contributed by atoms with van der Waals surface area (Å²) in [6.07, 6.45) is 1.29. The van der Waals surface area contributed by atoms with Gasteiger partial charge in [-0.05, 0) is 37.1 Å². The summed E-state index contributed by atoms with van der Waals surface area (Å²) >= 11 is 0. The molecule has 0 aliphatic carbocycles. The summed E-state index contributed by atoms with van der Waals surface area (Å²) < 4.78 is 16.0. The van der Waals surface area contributed by atoms with Gasteiger partial charge in [0.2, 0.25) is 5.91 Å². The summed E-state index contributed by atoms with van der Waals surface area (Å²) in [5, 5.41) is 2.95. The Kier molecular flexibility index (Phi) is 6.46. The zero-order chi connectivity index (χ0) is 18.4. The van der Waals surface area contributed by atoms with Crippen LogP contribution in [0.5, 0.6) is 5.75 Å². The van der Waals surface area contributed by atoms with Crippen LogP contribution >= 0.6 is 0 Å². The van der Waals surface area contributed by atoms with Crippen molar-refractivity contribution in [3.05, 3.63) is 29.8 Å². The zero-order valence-electron chi connectivity index (χ0n) is 15.1. The first-order valence-electron chi connectivity index (χ1n) is 9.07. The minimum absolute atomic E-state index is 0.000680. The Balaban J connectivity index is 1.44. The lowest BCUT2D eigenvalue weighted by atomic mass is 9.95. The second-order valence-electron chi connectivity index (χ2n) is 6.61. The van der Waals surface area contributed by atoms with Crippen LogP contribution in [0.2, 0.25) is 0 Å². The average molecular weight is 362 g/mol. The van der Waals surface area contributed by atoms with Crippen LogP contribution in [-0.2, 0) is 14.3 Å². The van der Waals surface area contributed by atoms with Crippen molar-refractivity contribution in [2.75, 3.05) is 46.6 Å². The Hall–Kier alpha value is -2.12. The van der Waals surface area contributed by atoms with Crippen LogP contribution in [0.25, 0.3) is 0 Å². The van der Waals surface area contributed by atoms with Crippen molar-refractivity contribution in [1.82, 2.24) is 10.2 Å². The van der Waals surface area contributed by atoms with Crippen LogP contribution in [0.4, 0.5) is 0 Å². The van der Waals surface area contributed by atoms with E-state index < -0.39 is 0 Å². The van der Waals surface area contributed by atoms with Crippen molar-refractivity contribution in [3.63, 3.8) is 0 Å². The predicted molar refractivity (Wildman–Crippen MR) is 95.2 cm³/mol. The number of methoxy groups -OCH3 is 1. The summed E-state index contributed by atoms with van der Waals surface area (Å²) in [7, 11) is 1.60. The van der Waals surface area contributed by atoms with Crippen LogP contribution in [-0.4, -0.2) is 69.4 Å². The maximum absolute atomic E-state index is 12.6. The number of carbonyl (C=O) groups excluding carboxylic acids is 2. The van der Waals surface area contributed by atoms with Gasteiger partial charge in [-0.2, -0.15) is 0 Å². The van der Waals surface area contributed by atoms with Crippen LogP contribution in [0, 0.1) is 5.92 Å². The van der Waals surface area contributed by atoms with E-state index in [-0.39, 0.29) is 23.8 Å². The molecule has 0 spiro atoms. The number of nitrogens with one attached hydrogen (secondary N) is 1. The van der Waals surface area contributed by atoms with E-state index in [1.165, 1.54) is 0 Å². The van der Waals surface area contributed by atoms with Crippen LogP contribution in [0.1, 0.15) is 23.2 Å². The quantitative estimate of drug-likeness (QED) is 0.848. The molecule has 0 aromatic heterocycles. The molecule has 7 heteroatoms. The molecule has 2 aliphatic heterocycles. The van der Waals surface area contributed by atoms with E-state index in [9.17, 15) is 9.59 Å². The lowest BCUT2D eigenvalue weighted by Crippen LogP contribution is -2.45. The Morgan fingerprint density at radius 3 is 2.54 bits per heavy atom. The molecule has 2 aliphatic rings. The highest BCUT2D eigenvalue weighted by atomic mass is 16.6. The molecule has 26 heavy (non-hydrogen) atoms. The molecule has 2 amide bonds. The molecule has 0 unspecified atom stereocenters. The lowest BCUT2D eigenvalue weighted by Gasteiger charge is -2.32. The first-order valence-corrected chi connectivity index (χ1v) is 9.07. The fourth-order valence-electron chi connectivity index (χ4n) is 3.27. The molecule has 3 rings (SSSR count). The van der Waals surface area contributed by atoms with Gasteiger partial charge in [0, 0.05) is 31.1 Å². The van der Waals surface area contributed by atoms with Gasteiger partial charge in [-0.3, -0.25) is 9.59 Å². The molecule has 142 valence electrons. The summed E-state index contributed by atoms with van der Waals surface area (Å²) in [6.45, 7) is 3.37. The Morgan fingerprint density at radius 2 is 1.92 bits per heavy atom. The maximum atomic E-state index is 12.6. The first kappa shape index (κ1) is 18.7. The number of amides is 2. The van der Waals surface area contributed by atoms with Crippen molar-refractivity contribution in [2.45, 2.75) is 18.9 Å². The molecule has 2 fully saturated rings. The van der Waals surface area contributed by atoms with E-state index in [1.807, 2.05) is 4.90 Å². The topological polar surface area (TPSA) is 77.1 Å². The van der Waals surface area contributed by atoms with Gasteiger partial charge in [0.15, 0.2) is 0 Å². The van der Waals surface area contributed by atoms with Crippen LogP contribution in [0.3, 0.4) is 0 Å². The van der Waals surface area contributed by atoms with Gasteiger partial charge in [0.1, 0.15) is 5.75 Å². The maximum Gasteiger partial charge on any atom is 0.253 e. The summed E-state index contributed by atoms with van der Waals surface area (Å²) in [5.41, 5.74) is 0.642. The molecule has 1 N–H and O–H groups in total. The second-order valence-corrected chi connectivity index (χ2v) is 6.61. The van der Waals surface area contributed by atoms with E-state index in [4.69, 9.17) is 14.2 Å². The van der Waals surface area contributed by atoms with Gasteiger partial charge < -0.3 is 24.4 Å². The largest absolute Gasteiger partial charge is 0.497 e. The highest BCUT2D eigenvalue weighted by Crippen LogP contribution is 2.20. The first-order chi connectivity index (χ1) is 12.7. The third kappa shape index (κ3) is 4.74. The normalized spacial score (nSPS) is 21.3. The summed E-state index contributed by atoms with van der Waals surface area (Å²) in [6, 6.07) is 7.10. The molecular formula is C19H26N2O5. The third-order valence-corrected chi connectivity index (χ3v) is 4.88. The number of carbonyl (C=O) groups is 2. The third-order valence-electron chi connectivity index (χ3n) is 4.88. The Morgan fingerprint density at radius 1 is 1.19 bits per heavy atom. The van der Waals surface area contributed by atoms with Crippen molar-refractivity contribution in [2.24, 2.45) is 5.92 Å². The summed E-state index contributed by atoms with van der Waals surface area (Å²) in [5.74, 6) is 0.707. The van der Waals surface area contributed by atoms with E-state index in [0.717, 1.165) is 5.75 Å². The second kappa shape index (κ2) is 9.00. The van der Waals surface area contributed by atoms with Crippen LogP contribution in [0.15, 0.2) is 24.3 Å². The molecule has 7 nitrogen and oxygen atoms in total. The smallest absolute Gasteiger partial charge is 0.253 e. The Bertz CT molecular complexity index is 605. The fraction of sp³-hybridized carbons (Fsp3) is 0.579. The van der Waals surface area contributed by atoms with E-state index >= 15 is 0 Å². The van der Waals surface area contributed by atoms with Gasteiger partial charge in [-0.15, -0.1) is 0 Å². The minimum atomic E-state index is -0.0653. The van der Waals surface area contributed by atoms with Crippen LogP contribution < -0.4 is 10.1 Å². The standard InChI is InChI=1S/C19H26N2O5/c1-24-16-4-2-15(3-5-16)19(23)21-8-6-14(7-9-21)18(22)20-12-17-13-25-10-11-26-17/h2-5,14,17H,6-13H2,1H3,(H,20,22)/t17-/m1/s1. The van der Waals surface area contributed by atoms with Gasteiger partial charge in [0.05, 0.1) is 33.0 Å². The number of hydrogen-bond acceptors (Lipinski definition) is 5. The minimum Gasteiger partial charge on any atom is -0.497 e. The molecule has 0 radical (unpaired) electrons. The van der Waals surface area contributed by atoms with Crippen molar-refractivity contribution in [3.8, 4) is 5.75 Å². The van der Waals surface area contributed by atoms with E-state index in [1.54, 1.807) is 31.4 Å². The highest BCUT2D eigenvalue weighted by molar-refractivity contribution is 5.94. The molecular weight excluding hydrogens is 336 g/mol. The zero-order valence-corrected chi connectivity index (χ0v) is 15.1. The van der Waals surface area contributed by atoms with E-state index in [2.05, 4.69) is 5.32 Å². The fourth-order valence-corrected chi connectivity index (χ4v) is 3.27. The number of hydrogen-bond donors (Lipinski definition) is 1. The van der Waals surface area contributed by atoms with Gasteiger partial charge in [-0.1, -0.05) is 0 Å². The molecule has 1 aromatic carbocycles. The molecule has 1 atom stereocenters. The monoisotopic (exact) mass is 362 g/mol. The van der Waals surface area contributed by atoms with Gasteiger partial charge in [0.25, 0.3) is 5.91 Å². The van der Waals surface area contributed by atoms with Crippen molar-refractivity contribution < 1.29 is 23.8 Å². The number of piperidine rings is 1. The molecule has 1 aromatic rings. The number of rotatable bonds is 5. The molecule has 0 bridgehead atoms. The lowest BCUT2D eigenvalue weighted by molar-refractivity contribution is -0.128.